The van der Waals surface area contributed by atoms with Crippen LogP contribution in [0.15, 0.2) is 134 Å². The smallest absolute Gasteiger partial charge is 0.306 e. The van der Waals surface area contributed by atoms with Crippen molar-refractivity contribution in [2.45, 2.75) is 309 Å². The predicted molar refractivity (Wildman–Crippen MR) is 353 cm³/mol. The molecule has 0 aromatic carbocycles. The fourth-order valence-electron chi connectivity index (χ4n) is 9.14. The van der Waals surface area contributed by atoms with E-state index in [0.717, 1.165) is 154 Å². The van der Waals surface area contributed by atoms with Crippen LogP contribution in [0.5, 0.6) is 0 Å². The van der Waals surface area contributed by atoms with Crippen LogP contribution in [-0.2, 0) is 28.6 Å². The van der Waals surface area contributed by atoms with Gasteiger partial charge in [0, 0.05) is 19.3 Å². The lowest BCUT2D eigenvalue weighted by Crippen LogP contribution is -2.30. The van der Waals surface area contributed by atoms with Crippen molar-refractivity contribution in [3.63, 3.8) is 0 Å². The van der Waals surface area contributed by atoms with Crippen LogP contribution in [0.3, 0.4) is 0 Å². The van der Waals surface area contributed by atoms with Crippen LogP contribution in [0.2, 0.25) is 0 Å². The summed E-state index contributed by atoms with van der Waals surface area (Å²) < 4.78 is 16.9. The minimum absolute atomic E-state index is 0.0920. The van der Waals surface area contributed by atoms with Gasteiger partial charge in [0.2, 0.25) is 0 Å². The summed E-state index contributed by atoms with van der Waals surface area (Å²) in [7, 11) is 0. The lowest BCUT2D eigenvalue weighted by molar-refractivity contribution is -0.167. The number of unbranched alkanes of at least 4 members (excludes halogenated alkanes) is 27. The predicted octanol–water partition coefficient (Wildman–Crippen LogP) is 23.3. The Labute approximate surface area is 500 Å². The lowest BCUT2D eigenvalue weighted by Gasteiger charge is -2.18. The summed E-state index contributed by atoms with van der Waals surface area (Å²) in [4.78, 5) is 38.4. The first-order valence-corrected chi connectivity index (χ1v) is 33.7. The topological polar surface area (TPSA) is 78.9 Å². The highest BCUT2D eigenvalue weighted by Gasteiger charge is 2.19. The summed E-state index contributed by atoms with van der Waals surface area (Å²) in [6, 6.07) is 0. The highest BCUT2D eigenvalue weighted by Crippen LogP contribution is 2.16. The van der Waals surface area contributed by atoms with E-state index >= 15 is 0 Å². The maximum atomic E-state index is 12.9. The Kier molecular flexibility index (Phi) is 64.3. The summed E-state index contributed by atoms with van der Waals surface area (Å²) in [6.07, 6.45) is 96.0. The first kappa shape index (κ1) is 76.5. The van der Waals surface area contributed by atoms with Crippen molar-refractivity contribution in [3.8, 4) is 0 Å². The summed E-state index contributed by atoms with van der Waals surface area (Å²) >= 11 is 0. The fourth-order valence-corrected chi connectivity index (χ4v) is 9.14. The van der Waals surface area contributed by atoms with Crippen LogP contribution < -0.4 is 0 Å². The quantitative estimate of drug-likeness (QED) is 0.0261. The van der Waals surface area contributed by atoms with Gasteiger partial charge in [-0.2, -0.15) is 0 Å². The van der Waals surface area contributed by atoms with Crippen molar-refractivity contribution < 1.29 is 28.6 Å². The third-order valence-corrected chi connectivity index (χ3v) is 14.1. The van der Waals surface area contributed by atoms with Crippen molar-refractivity contribution in [2.75, 3.05) is 13.2 Å². The third kappa shape index (κ3) is 66.2. The van der Waals surface area contributed by atoms with E-state index in [0.29, 0.717) is 19.3 Å². The van der Waals surface area contributed by atoms with Gasteiger partial charge in [0.05, 0.1) is 0 Å². The van der Waals surface area contributed by atoms with Crippen molar-refractivity contribution in [1.29, 1.82) is 0 Å². The molecule has 0 spiro atoms. The van der Waals surface area contributed by atoms with Crippen LogP contribution >= 0.6 is 0 Å². The number of hydrogen-bond donors (Lipinski definition) is 0. The molecule has 1 atom stereocenters. The Morgan fingerprint density at radius 2 is 0.481 bits per heavy atom. The lowest BCUT2D eigenvalue weighted by atomic mass is 10.0. The molecule has 81 heavy (non-hydrogen) atoms. The van der Waals surface area contributed by atoms with E-state index in [9.17, 15) is 14.4 Å². The molecule has 0 saturated carbocycles. The Hall–Kier alpha value is -4.45. The molecule has 460 valence electrons. The second-order valence-corrected chi connectivity index (χ2v) is 22.0. The van der Waals surface area contributed by atoms with Crippen molar-refractivity contribution >= 4 is 17.9 Å². The van der Waals surface area contributed by atoms with Gasteiger partial charge >= 0.3 is 17.9 Å². The molecule has 0 aliphatic carbocycles. The number of hydrogen-bond acceptors (Lipinski definition) is 6. The largest absolute Gasteiger partial charge is 0.462 e. The maximum Gasteiger partial charge on any atom is 0.306 e. The zero-order valence-electron chi connectivity index (χ0n) is 52.8. The number of carbonyl (C=O) groups is 3. The summed E-state index contributed by atoms with van der Waals surface area (Å²) in [6.45, 7) is 6.38. The monoisotopic (exact) mass is 1120 g/mol. The molecule has 0 amide bonds. The van der Waals surface area contributed by atoms with Gasteiger partial charge in [-0.15, -0.1) is 0 Å². The highest BCUT2D eigenvalue weighted by molar-refractivity contribution is 5.71. The molecule has 0 bridgehead atoms. The van der Waals surface area contributed by atoms with Crippen LogP contribution in [0.25, 0.3) is 0 Å². The molecule has 0 fully saturated rings. The van der Waals surface area contributed by atoms with Crippen molar-refractivity contribution in [1.82, 2.24) is 0 Å². The number of rotatable bonds is 60. The van der Waals surface area contributed by atoms with Gasteiger partial charge in [0.15, 0.2) is 6.10 Å². The van der Waals surface area contributed by atoms with Gasteiger partial charge in [-0.1, -0.05) is 283 Å². The summed E-state index contributed by atoms with van der Waals surface area (Å²) in [5, 5.41) is 0. The van der Waals surface area contributed by atoms with Crippen LogP contribution in [-0.4, -0.2) is 37.2 Å². The number of esters is 3. The molecule has 0 rings (SSSR count). The second kappa shape index (κ2) is 68.1. The van der Waals surface area contributed by atoms with E-state index in [1.807, 2.05) is 0 Å². The molecule has 6 heteroatoms. The van der Waals surface area contributed by atoms with Gasteiger partial charge in [-0.3, -0.25) is 14.4 Å². The molecule has 0 radical (unpaired) electrons. The molecule has 0 saturated heterocycles. The molecule has 0 N–H and O–H groups in total. The Balaban J connectivity index is 4.34. The van der Waals surface area contributed by atoms with E-state index < -0.39 is 6.10 Å². The molecule has 0 aromatic rings. The molecular weight excluding hydrogens is 997 g/mol. The Morgan fingerprint density at radius 3 is 0.753 bits per heavy atom. The van der Waals surface area contributed by atoms with Crippen LogP contribution in [0, 0.1) is 0 Å². The van der Waals surface area contributed by atoms with Crippen LogP contribution in [0.1, 0.15) is 303 Å². The molecule has 1 unspecified atom stereocenters. The van der Waals surface area contributed by atoms with Gasteiger partial charge in [-0.25, -0.2) is 0 Å². The average molecular weight is 1120 g/mol. The first-order chi connectivity index (χ1) is 40.0. The zero-order chi connectivity index (χ0) is 58.5. The highest BCUT2D eigenvalue weighted by atomic mass is 16.6. The third-order valence-electron chi connectivity index (χ3n) is 14.1. The molecule has 0 aromatic heterocycles. The van der Waals surface area contributed by atoms with Gasteiger partial charge < -0.3 is 14.2 Å². The standard InChI is InChI=1S/C75H124O6/c1-4-7-10-13-16-19-22-25-28-30-32-33-34-35-36-37-38-39-40-41-43-44-47-50-53-56-59-62-65-68-74(77)80-71-72(70-79-73(76)67-64-61-58-55-52-49-46-27-24-21-18-15-12-9-6-3)81-75(78)69-66-63-60-57-54-51-48-45-42-31-29-26-23-20-17-14-11-8-5-2/h7,9-10,12,16-21,25-29,32-33,35-36,42,45-46,72H,4-6,8,11,13-15,22-24,30-31,34,37-41,43-44,47-71H2,1-3H3/b10-7-,12-9-,19-16-,20-17-,21-18-,28-25-,29-26-,33-32-,36-35-,45-42-,46-27-. The van der Waals surface area contributed by atoms with E-state index in [2.05, 4.69) is 154 Å². The number of allylic oxidation sites excluding steroid dienone is 22. The summed E-state index contributed by atoms with van der Waals surface area (Å²) in [5.74, 6) is -0.918. The minimum Gasteiger partial charge on any atom is -0.462 e. The SMILES string of the molecule is CC/C=C\C/C=C\C/C=C\C/C=C\C/C=C\CCCCCCCCCCCCCCCC(=O)OCC(COC(=O)CCCCCCC/C=C\C/C=C\C/C=C\CC)OC(=O)CCCCCCCC/C=C\C/C=C\C/C=C\CCCCC. The van der Waals surface area contributed by atoms with Crippen LogP contribution in [0.4, 0.5) is 0 Å². The summed E-state index contributed by atoms with van der Waals surface area (Å²) in [5.41, 5.74) is 0. The maximum absolute atomic E-state index is 12.9. The average Bonchev–Trinajstić information content (AvgIpc) is 3.47. The van der Waals surface area contributed by atoms with Gasteiger partial charge in [-0.05, 0) is 135 Å². The zero-order valence-corrected chi connectivity index (χ0v) is 52.8. The molecule has 0 aliphatic heterocycles. The molecule has 0 aliphatic rings. The number of carbonyl (C=O) groups excluding carboxylic acids is 3. The Morgan fingerprint density at radius 1 is 0.259 bits per heavy atom. The molecular formula is C75H124O6. The van der Waals surface area contributed by atoms with Gasteiger partial charge in [0.1, 0.15) is 13.2 Å². The van der Waals surface area contributed by atoms with E-state index in [1.54, 1.807) is 0 Å². The first-order valence-electron chi connectivity index (χ1n) is 33.7. The Bertz CT molecular complexity index is 1720. The minimum atomic E-state index is -0.798. The normalized spacial score (nSPS) is 13.0. The van der Waals surface area contributed by atoms with E-state index in [-0.39, 0.29) is 31.1 Å². The molecule has 6 nitrogen and oxygen atoms in total. The fraction of sp³-hybridized carbons (Fsp3) is 0.667. The molecule has 0 heterocycles. The van der Waals surface area contributed by atoms with Crippen molar-refractivity contribution in [3.05, 3.63) is 134 Å². The second-order valence-electron chi connectivity index (χ2n) is 22.0. The van der Waals surface area contributed by atoms with E-state index in [4.69, 9.17) is 14.2 Å². The van der Waals surface area contributed by atoms with Crippen molar-refractivity contribution in [2.24, 2.45) is 0 Å². The van der Waals surface area contributed by atoms with Gasteiger partial charge in [0.25, 0.3) is 0 Å². The number of ether oxygens (including phenoxy) is 3. The van der Waals surface area contributed by atoms with E-state index in [1.165, 1.54) is 109 Å².